The molecule has 0 amide bonds. The van der Waals surface area contributed by atoms with E-state index in [-0.39, 0.29) is 0 Å². The van der Waals surface area contributed by atoms with Crippen molar-refractivity contribution in [2.45, 2.75) is 27.7 Å². The van der Waals surface area contributed by atoms with Gasteiger partial charge in [0, 0.05) is 22.1 Å². The van der Waals surface area contributed by atoms with Gasteiger partial charge in [-0.1, -0.05) is 6.07 Å². The molecular formula is C30H28N4O3S. The zero-order chi connectivity index (χ0) is 26.8. The van der Waals surface area contributed by atoms with Crippen LogP contribution in [-0.2, 0) is 11.0 Å². The lowest BCUT2D eigenvalue weighted by Gasteiger charge is -2.12. The SMILES string of the molecule is C1=Cc2cc3ccc(cc4nc(cc5ccc(cc1n2)[nH]5)C=C4)[nH]3.Cc1cc(C)c(C)c(O[SH](=O)=O)c1C. The van der Waals surface area contributed by atoms with Crippen molar-refractivity contribution in [2.75, 3.05) is 0 Å². The summed E-state index contributed by atoms with van der Waals surface area (Å²) in [5, 5.41) is 0. The highest BCUT2D eigenvalue weighted by Gasteiger charge is 2.10. The summed E-state index contributed by atoms with van der Waals surface area (Å²) in [6.45, 7) is 7.59. The van der Waals surface area contributed by atoms with Crippen molar-refractivity contribution in [1.29, 1.82) is 0 Å². The molecule has 7 nitrogen and oxygen atoms in total. The average Bonchev–Trinajstić information content (AvgIpc) is 3.67. The molecule has 1 aromatic carbocycles. The van der Waals surface area contributed by atoms with Gasteiger partial charge >= 0.3 is 0 Å². The zero-order valence-corrected chi connectivity index (χ0v) is 22.5. The molecule has 2 N–H and O–H groups in total. The maximum Gasteiger partial charge on any atom is 0.299 e. The normalized spacial score (nSPS) is 11.9. The van der Waals surface area contributed by atoms with Gasteiger partial charge < -0.3 is 14.2 Å². The summed E-state index contributed by atoms with van der Waals surface area (Å²) in [6, 6.07) is 18.4. The minimum Gasteiger partial charge on any atom is -0.384 e. The number of fused-ring (bicyclic) bond motifs is 8. The first-order valence-corrected chi connectivity index (χ1v) is 13.3. The fourth-order valence-electron chi connectivity index (χ4n) is 4.34. The summed E-state index contributed by atoms with van der Waals surface area (Å²) in [4.78, 5) is 16.0. The molecule has 0 atom stereocenters. The van der Waals surface area contributed by atoms with Crippen LogP contribution in [0.2, 0.25) is 0 Å². The van der Waals surface area contributed by atoms with Gasteiger partial charge in [0.2, 0.25) is 0 Å². The molecule has 0 saturated carbocycles. The molecule has 0 spiro atoms. The second-order valence-corrected chi connectivity index (χ2v) is 9.94. The molecule has 5 heterocycles. The Morgan fingerprint density at radius 2 is 0.921 bits per heavy atom. The van der Waals surface area contributed by atoms with Crippen LogP contribution in [0.1, 0.15) is 45.0 Å². The predicted molar refractivity (Wildman–Crippen MR) is 155 cm³/mol. The summed E-state index contributed by atoms with van der Waals surface area (Å²) in [6.07, 6.45) is 8.09. The van der Waals surface area contributed by atoms with Gasteiger partial charge in [-0.3, -0.25) is 0 Å². The molecule has 0 unspecified atom stereocenters. The molecule has 6 rings (SSSR count). The first kappa shape index (κ1) is 25.2. The monoisotopic (exact) mass is 524 g/mol. The van der Waals surface area contributed by atoms with Gasteiger partial charge in [0.15, 0.2) is 0 Å². The van der Waals surface area contributed by atoms with E-state index >= 15 is 0 Å². The summed E-state index contributed by atoms with van der Waals surface area (Å²) < 4.78 is 25.8. The van der Waals surface area contributed by atoms with E-state index in [4.69, 9.17) is 4.18 Å². The third-order valence-electron chi connectivity index (χ3n) is 6.50. The highest BCUT2D eigenvalue weighted by atomic mass is 32.2. The Bertz CT molecular complexity index is 1630. The van der Waals surface area contributed by atoms with E-state index in [0.29, 0.717) is 5.75 Å². The maximum atomic E-state index is 10.5. The lowest BCUT2D eigenvalue weighted by molar-refractivity contribution is 0.506. The number of benzene rings is 1. The van der Waals surface area contributed by atoms with Gasteiger partial charge in [0.05, 0.1) is 22.8 Å². The molecule has 192 valence electrons. The number of aromatic amines is 2. The Morgan fingerprint density at radius 1 is 0.579 bits per heavy atom. The largest absolute Gasteiger partial charge is 0.384 e. The quantitative estimate of drug-likeness (QED) is 0.225. The van der Waals surface area contributed by atoms with E-state index in [2.05, 4.69) is 44.2 Å². The molecule has 0 radical (unpaired) electrons. The van der Waals surface area contributed by atoms with Gasteiger partial charge in [-0.25, -0.2) is 9.97 Å². The molecule has 0 saturated heterocycles. The molecule has 0 fully saturated rings. The van der Waals surface area contributed by atoms with Crippen LogP contribution in [0.25, 0.3) is 46.4 Å². The number of rotatable bonds is 2. The standard InChI is InChI=1S/C20H14N4.C10H14O3S/c1-2-14-10-16-5-6-18(23-16)12-20-8-7-19(24-20)11-17-4-3-15(22-17)9-13(1)21-14;1-6-5-7(2)9(4)10(8(6)3)13-14(11)12/h1-12,21,24H;5,14H,1-4H3. The summed E-state index contributed by atoms with van der Waals surface area (Å²) in [7, 11) is -2.83. The molecule has 4 aromatic rings. The van der Waals surface area contributed by atoms with Crippen LogP contribution in [0.15, 0.2) is 54.6 Å². The van der Waals surface area contributed by atoms with Crippen LogP contribution >= 0.6 is 0 Å². The van der Waals surface area contributed by atoms with Crippen molar-refractivity contribution in [2.24, 2.45) is 0 Å². The maximum absolute atomic E-state index is 10.5. The van der Waals surface area contributed by atoms with Crippen LogP contribution in [0.4, 0.5) is 0 Å². The lowest BCUT2D eigenvalue weighted by Crippen LogP contribution is -1.99. The van der Waals surface area contributed by atoms with Crippen molar-refractivity contribution in [3.63, 3.8) is 0 Å². The number of H-pyrrole nitrogens is 2. The van der Waals surface area contributed by atoms with Crippen LogP contribution < -0.4 is 4.18 Å². The smallest absolute Gasteiger partial charge is 0.299 e. The van der Waals surface area contributed by atoms with Gasteiger partial charge in [-0.2, -0.15) is 8.42 Å². The Labute approximate surface area is 222 Å². The first-order chi connectivity index (χ1) is 18.2. The Kier molecular flexibility index (Phi) is 6.98. The summed E-state index contributed by atoms with van der Waals surface area (Å²) in [5.74, 6) is 0.471. The number of nitrogens with zero attached hydrogens (tertiary/aromatic N) is 2. The van der Waals surface area contributed by atoms with Crippen molar-refractivity contribution in [1.82, 2.24) is 19.9 Å². The topological polar surface area (TPSA) is 101 Å². The van der Waals surface area contributed by atoms with Crippen LogP contribution in [0.3, 0.4) is 0 Å². The van der Waals surface area contributed by atoms with Crippen molar-refractivity contribution < 1.29 is 12.6 Å². The summed E-state index contributed by atoms with van der Waals surface area (Å²) >= 11 is 0. The molecule has 0 aliphatic carbocycles. The number of hydrogen-bond acceptors (Lipinski definition) is 5. The van der Waals surface area contributed by atoms with Crippen LogP contribution in [0.5, 0.6) is 5.75 Å². The van der Waals surface area contributed by atoms with Gasteiger partial charge in [-0.05, 0) is 123 Å². The Morgan fingerprint density at radius 3 is 1.24 bits per heavy atom. The number of thiol groups is 1. The third kappa shape index (κ3) is 5.76. The first-order valence-electron chi connectivity index (χ1n) is 12.2. The Hall–Kier alpha value is -4.43. The van der Waals surface area contributed by atoms with E-state index < -0.39 is 11.0 Å². The summed E-state index contributed by atoms with van der Waals surface area (Å²) in [5.41, 5.74) is 11.7. The van der Waals surface area contributed by atoms with Crippen molar-refractivity contribution in [3.05, 3.63) is 99.6 Å². The molecule has 38 heavy (non-hydrogen) atoms. The number of aryl methyl sites for hydroxylation is 2. The van der Waals surface area contributed by atoms with Gasteiger partial charge in [0.1, 0.15) is 5.75 Å². The molecular weight excluding hydrogens is 496 g/mol. The van der Waals surface area contributed by atoms with Gasteiger partial charge in [-0.15, -0.1) is 0 Å². The molecule has 2 aliphatic heterocycles. The highest BCUT2D eigenvalue weighted by molar-refractivity contribution is 7.67. The molecule has 2 aliphatic rings. The highest BCUT2D eigenvalue weighted by Crippen LogP contribution is 2.28. The molecule has 3 aromatic heterocycles. The average molecular weight is 525 g/mol. The minimum absolute atomic E-state index is 0.471. The van der Waals surface area contributed by atoms with E-state index in [1.807, 2.05) is 82.3 Å². The predicted octanol–water partition coefficient (Wildman–Crippen LogP) is 6.48. The number of aromatic nitrogens is 4. The minimum atomic E-state index is -2.83. The zero-order valence-electron chi connectivity index (χ0n) is 21.6. The fourth-order valence-corrected chi connectivity index (χ4v) is 4.76. The Balaban J connectivity index is 0.000000181. The van der Waals surface area contributed by atoms with E-state index in [1.54, 1.807) is 0 Å². The second-order valence-electron chi connectivity index (χ2n) is 9.31. The van der Waals surface area contributed by atoms with Crippen molar-refractivity contribution >= 4 is 57.4 Å². The van der Waals surface area contributed by atoms with E-state index in [9.17, 15) is 8.42 Å². The van der Waals surface area contributed by atoms with Crippen molar-refractivity contribution in [3.8, 4) is 5.75 Å². The van der Waals surface area contributed by atoms with E-state index in [0.717, 1.165) is 67.1 Å². The number of hydrogen-bond donors (Lipinski definition) is 3. The lowest BCUT2D eigenvalue weighted by atomic mass is 10.0. The second kappa shape index (κ2) is 10.5. The third-order valence-corrected chi connectivity index (χ3v) is 6.84. The van der Waals surface area contributed by atoms with Crippen LogP contribution in [-0.4, -0.2) is 28.4 Å². The molecule has 8 heteroatoms. The molecule has 8 bridgehead atoms. The van der Waals surface area contributed by atoms with Gasteiger partial charge in [0.25, 0.3) is 11.0 Å². The van der Waals surface area contributed by atoms with E-state index in [1.165, 1.54) is 0 Å². The number of nitrogens with one attached hydrogen (secondary N) is 2. The fraction of sp³-hybridized carbons (Fsp3) is 0.133. The van der Waals surface area contributed by atoms with Crippen LogP contribution in [0, 0.1) is 27.7 Å².